The molecule has 20 heavy (non-hydrogen) atoms. The topological polar surface area (TPSA) is 57.1 Å². The Balaban J connectivity index is 2.29. The Bertz CT molecular complexity index is 540. The van der Waals surface area contributed by atoms with Crippen molar-refractivity contribution >= 4 is 19.3 Å². The Kier molecular flexibility index (Phi) is 3.88. The number of carbonyl (C=O) groups is 1. The summed E-state index contributed by atoms with van der Waals surface area (Å²) in [5.74, 6) is 0.407. The van der Waals surface area contributed by atoms with Crippen molar-refractivity contribution in [3.63, 3.8) is 0 Å². The molecule has 1 N–H and O–H groups in total. The van der Waals surface area contributed by atoms with Gasteiger partial charge >= 0.3 is 0 Å². The molecule has 0 unspecified atom stereocenters. The second-order valence-corrected chi connectivity index (χ2v) is 5.80. The fraction of sp³-hybridized carbons (Fsp3) is 0.400. The molecule has 0 radical (unpaired) electrons. The van der Waals surface area contributed by atoms with Gasteiger partial charge in [0.15, 0.2) is 0 Å². The largest absolute Gasteiger partial charge is 0.313 e. The monoisotopic (exact) mass is 272 g/mol. The molecule has 0 aromatic heterocycles. The number of amides is 1. The van der Waals surface area contributed by atoms with E-state index in [1.54, 1.807) is 6.08 Å². The van der Waals surface area contributed by atoms with Gasteiger partial charge in [-0.05, 0) is 35.8 Å². The zero-order valence-corrected chi connectivity index (χ0v) is 12.0. The molecule has 0 spiro atoms. The molecule has 2 heterocycles. The summed E-state index contributed by atoms with van der Waals surface area (Å²) >= 11 is 0. The van der Waals surface area contributed by atoms with Gasteiger partial charge in [-0.15, -0.1) is 0 Å². The van der Waals surface area contributed by atoms with Crippen molar-refractivity contribution in [3.8, 4) is 0 Å². The normalized spacial score (nSPS) is 20.7. The van der Waals surface area contributed by atoms with Crippen LogP contribution >= 0.6 is 0 Å². The molecule has 1 saturated heterocycles. The maximum Gasteiger partial charge on any atom is 0.212 e. The van der Waals surface area contributed by atoms with Gasteiger partial charge in [-0.3, -0.25) is 9.80 Å². The van der Waals surface area contributed by atoms with Crippen LogP contribution in [0.15, 0.2) is 45.4 Å². The highest BCUT2D eigenvalue weighted by Crippen LogP contribution is 2.41. The highest BCUT2D eigenvalue weighted by atomic mass is 16.1. The lowest BCUT2D eigenvalue weighted by atomic mass is 9.89. The Labute approximate surface area is 119 Å². The molecule has 5 heteroatoms. The first-order valence-electron chi connectivity index (χ1n) is 6.57. The SMILES string of the molecule is C=N/C(=C\C(=C)C1=C2CC(C)(C)CN2N=CC1)NC=O. The molecule has 1 amide bonds. The molecule has 5 nitrogen and oxygen atoms in total. The number of nitrogens with zero attached hydrogens (tertiary/aromatic N) is 3. The number of fused-ring (bicyclic) bond motifs is 1. The van der Waals surface area contributed by atoms with E-state index in [4.69, 9.17) is 0 Å². The third kappa shape index (κ3) is 2.87. The number of aliphatic imine (C=N–C) groups is 1. The van der Waals surface area contributed by atoms with E-state index in [2.05, 4.69) is 42.6 Å². The minimum atomic E-state index is 0.215. The molecule has 0 saturated carbocycles. The van der Waals surface area contributed by atoms with Gasteiger partial charge in [0.2, 0.25) is 6.41 Å². The van der Waals surface area contributed by atoms with Crippen LogP contribution in [0.5, 0.6) is 0 Å². The molecule has 0 atom stereocenters. The van der Waals surface area contributed by atoms with Crippen LogP contribution in [0.25, 0.3) is 0 Å². The average Bonchev–Trinajstić information content (AvgIpc) is 2.71. The maximum atomic E-state index is 10.5. The standard InChI is InChI=1S/C15H20N4O/c1-11(7-14(16-4)17-10-20)12-5-6-18-19-9-15(2,3)8-13(12)19/h6-7,10H,1,4-5,8-9H2,2-3H3,(H,17,20)/b14-7+. The molecule has 0 bridgehead atoms. The summed E-state index contributed by atoms with van der Waals surface area (Å²) in [5.41, 5.74) is 3.42. The van der Waals surface area contributed by atoms with E-state index in [1.165, 1.54) is 5.70 Å². The lowest BCUT2D eigenvalue weighted by Gasteiger charge is -2.22. The van der Waals surface area contributed by atoms with E-state index in [0.29, 0.717) is 12.2 Å². The summed E-state index contributed by atoms with van der Waals surface area (Å²) in [6, 6.07) is 0. The van der Waals surface area contributed by atoms with Crippen LogP contribution in [-0.4, -0.2) is 30.9 Å². The fourth-order valence-corrected chi connectivity index (χ4v) is 2.58. The minimum Gasteiger partial charge on any atom is -0.313 e. The number of hydrogen-bond donors (Lipinski definition) is 1. The average molecular weight is 272 g/mol. The molecule has 0 aliphatic carbocycles. The first-order valence-corrected chi connectivity index (χ1v) is 6.57. The molecule has 0 aromatic carbocycles. The molecule has 106 valence electrons. The zero-order chi connectivity index (χ0) is 14.8. The van der Waals surface area contributed by atoms with Crippen molar-refractivity contribution in [3.05, 3.63) is 35.3 Å². The number of hydrazone groups is 1. The molecule has 2 aliphatic rings. The van der Waals surface area contributed by atoms with Crippen LogP contribution in [-0.2, 0) is 4.79 Å². The van der Waals surface area contributed by atoms with Gasteiger partial charge in [-0.25, -0.2) is 4.99 Å². The van der Waals surface area contributed by atoms with E-state index in [9.17, 15) is 4.79 Å². The van der Waals surface area contributed by atoms with Crippen LogP contribution in [0, 0.1) is 5.41 Å². The Hall–Kier alpha value is -2.17. The van der Waals surface area contributed by atoms with E-state index >= 15 is 0 Å². The number of carbonyl (C=O) groups excluding carboxylic acids is 1. The predicted molar refractivity (Wildman–Crippen MR) is 81.2 cm³/mol. The number of rotatable bonds is 5. The summed E-state index contributed by atoms with van der Waals surface area (Å²) in [4.78, 5) is 14.3. The first-order chi connectivity index (χ1) is 9.46. The van der Waals surface area contributed by atoms with Crippen molar-refractivity contribution in [2.75, 3.05) is 6.54 Å². The highest BCUT2D eigenvalue weighted by Gasteiger charge is 2.35. The van der Waals surface area contributed by atoms with Crippen molar-refractivity contribution in [2.24, 2.45) is 15.5 Å². The van der Waals surface area contributed by atoms with Gasteiger partial charge in [-0.1, -0.05) is 20.4 Å². The van der Waals surface area contributed by atoms with Crippen molar-refractivity contribution in [1.29, 1.82) is 0 Å². The van der Waals surface area contributed by atoms with Crippen LogP contribution < -0.4 is 5.32 Å². The lowest BCUT2D eigenvalue weighted by Crippen LogP contribution is -2.20. The van der Waals surface area contributed by atoms with E-state index in [0.717, 1.165) is 30.5 Å². The van der Waals surface area contributed by atoms with Crippen LogP contribution in [0.4, 0.5) is 0 Å². The molecular weight excluding hydrogens is 252 g/mol. The summed E-state index contributed by atoms with van der Waals surface area (Å²) in [6.07, 6.45) is 5.95. The third-order valence-corrected chi connectivity index (χ3v) is 3.48. The van der Waals surface area contributed by atoms with Crippen molar-refractivity contribution < 1.29 is 4.79 Å². The van der Waals surface area contributed by atoms with Crippen molar-refractivity contribution in [1.82, 2.24) is 10.3 Å². The number of hydrogen-bond acceptors (Lipinski definition) is 4. The van der Waals surface area contributed by atoms with Gasteiger partial charge in [-0.2, -0.15) is 5.10 Å². The van der Waals surface area contributed by atoms with Gasteiger partial charge < -0.3 is 5.32 Å². The molecular formula is C15H20N4O. The van der Waals surface area contributed by atoms with Crippen LogP contribution in [0.3, 0.4) is 0 Å². The second-order valence-electron chi connectivity index (χ2n) is 5.80. The summed E-state index contributed by atoms with van der Waals surface area (Å²) in [7, 11) is 0. The number of nitrogens with one attached hydrogen (secondary N) is 1. The van der Waals surface area contributed by atoms with Gasteiger partial charge in [0.1, 0.15) is 5.82 Å². The molecule has 0 aromatic rings. The van der Waals surface area contributed by atoms with Crippen LogP contribution in [0.2, 0.25) is 0 Å². The Morgan fingerprint density at radius 1 is 1.60 bits per heavy atom. The number of allylic oxidation sites excluding steroid dienone is 4. The quantitative estimate of drug-likeness (QED) is 0.474. The zero-order valence-electron chi connectivity index (χ0n) is 12.0. The van der Waals surface area contributed by atoms with E-state index in [1.807, 2.05) is 11.2 Å². The van der Waals surface area contributed by atoms with Crippen LogP contribution in [0.1, 0.15) is 26.7 Å². The molecule has 2 aliphatic heterocycles. The van der Waals surface area contributed by atoms with E-state index in [-0.39, 0.29) is 5.41 Å². The third-order valence-electron chi connectivity index (χ3n) is 3.48. The Morgan fingerprint density at radius 2 is 2.35 bits per heavy atom. The predicted octanol–water partition coefficient (Wildman–Crippen LogP) is 2.21. The van der Waals surface area contributed by atoms with Crippen molar-refractivity contribution in [2.45, 2.75) is 26.7 Å². The molecule has 2 rings (SSSR count). The first kappa shape index (κ1) is 14.2. The minimum absolute atomic E-state index is 0.215. The van der Waals surface area contributed by atoms with Gasteiger partial charge in [0.25, 0.3) is 0 Å². The fourth-order valence-electron chi connectivity index (χ4n) is 2.58. The van der Waals surface area contributed by atoms with Gasteiger partial charge in [0, 0.05) is 24.9 Å². The second kappa shape index (κ2) is 5.45. The smallest absolute Gasteiger partial charge is 0.212 e. The highest BCUT2D eigenvalue weighted by molar-refractivity contribution is 5.67. The Morgan fingerprint density at radius 3 is 3.00 bits per heavy atom. The summed E-state index contributed by atoms with van der Waals surface area (Å²) in [6.45, 7) is 12.9. The van der Waals surface area contributed by atoms with E-state index < -0.39 is 0 Å². The lowest BCUT2D eigenvalue weighted by molar-refractivity contribution is -0.108. The summed E-state index contributed by atoms with van der Waals surface area (Å²) in [5, 5.41) is 8.98. The summed E-state index contributed by atoms with van der Waals surface area (Å²) < 4.78 is 0. The molecule has 1 fully saturated rings. The maximum absolute atomic E-state index is 10.5. The van der Waals surface area contributed by atoms with Gasteiger partial charge in [0.05, 0.1) is 0 Å².